The van der Waals surface area contributed by atoms with E-state index in [1.165, 1.54) is 28.7 Å². The number of methoxy groups -OCH3 is 1. The monoisotopic (exact) mass is 534 g/mol. The van der Waals surface area contributed by atoms with Gasteiger partial charge in [0.1, 0.15) is 11.4 Å². The van der Waals surface area contributed by atoms with E-state index in [-0.39, 0.29) is 30.9 Å². The maximum Gasteiger partial charge on any atom is 0.419 e. The summed E-state index contributed by atoms with van der Waals surface area (Å²) in [5.74, 6) is -0.833. The van der Waals surface area contributed by atoms with Crippen LogP contribution < -0.4 is 4.74 Å². The Hall–Kier alpha value is -4.40. The Morgan fingerprint density at radius 1 is 1.03 bits per heavy atom. The van der Waals surface area contributed by atoms with Crippen LogP contribution in [0.15, 0.2) is 60.8 Å². The van der Waals surface area contributed by atoms with E-state index >= 15 is 0 Å². The van der Waals surface area contributed by atoms with Crippen LogP contribution in [0.25, 0.3) is 17.0 Å². The van der Waals surface area contributed by atoms with E-state index in [1.54, 1.807) is 57.3 Å². The van der Waals surface area contributed by atoms with Gasteiger partial charge >= 0.3 is 12.1 Å². The average Bonchev–Trinajstić information content (AvgIpc) is 3.26. The van der Waals surface area contributed by atoms with Gasteiger partial charge in [-0.25, -0.2) is 9.59 Å². The first kappa shape index (κ1) is 29.2. The van der Waals surface area contributed by atoms with Crippen molar-refractivity contribution in [3.63, 3.8) is 0 Å². The minimum Gasteiger partial charge on any atom is -0.482 e. The maximum absolute atomic E-state index is 13.2. The molecule has 0 radical (unpaired) electrons. The summed E-state index contributed by atoms with van der Waals surface area (Å²) in [5, 5.41) is 0.781. The molecule has 9 heteroatoms. The largest absolute Gasteiger partial charge is 0.482 e. The molecule has 39 heavy (non-hydrogen) atoms. The van der Waals surface area contributed by atoms with Gasteiger partial charge in [-0.2, -0.15) is 0 Å². The van der Waals surface area contributed by atoms with Crippen LogP contribution in [0.2, 0.25) is 0 Å². The van der Waals surface area contributed by atoms with Crippen molar-refractivity contribution in [2.45, 2.75) is 46.3 Å². The highest BCUT2D eigenvalue weighted by atomic mass is 16.6. The molecule has 0 N–H and O–H groups in total. The third-order valence-corrected chi connectivity index (χ3v) is 5.70. The average molecular weight is 535 g/mol. The second-order valence-electron chi connectivity index (χ2n) is 10.2. The van der Waals surface area contributed by atoms with E-state index in [9.17, 15) is 19.2 Å². The third kappa shape index (κ3) is 7.80. The molecule has 1 amide bonds. The Bertz CT molecular complexity index is 1400. The molecule has 0 fully saturated rings. The molecule has 0 aliphatic heterocycles. The zero-order valence-corrected chi connectivity index (χ0v) is 23.1. The number of aromatic nitrogens is 1. The minimum atomic E-state index is -0.661. The predicted octanol–water partition coefficient (Wildman–Crippen LogP) is 5.11. The molecule has 0 spiro atoms. The molecule has 0 saturated heterocycles. The first-order chi connectivity index (χ1) is 18.4. The van der Waals surface area contributed by atoms with Crippen LogP contribution in [0.3, 0.4) is 0 Å². The van der Waals surface area contributed by atoms with Gasteiger partial charge in [0.15, 0.2) is 12.4 Å². The summed E-state index contributed by atoms with van der Waals surface area (Å²) in [5.41, 5.74) is 1.01. The number of fused-ring (bicyclic) bond motifs is 1. The summed E-state index contributed by atoms with van der Waals surface area (Å²) in [6.45, 7) is 8.60. The second-order valence-corrected chi connectivity index (χ2v) is 10.2. The van der Waals surface area contributed by atoms with Crippen molar-refractivity contribution in [1.29, 1.82) is 0 Å². The number of hydrogen-bond donors (Lipinski definition) is 0. The van der Waals surface area contributed by atoms with Crippen molar-refractivity contribution in [2.24, 2.45) is 0 Å². The maximum atomic E-state index is 13.2. The Labute approximate surface area is 227 Å². The summed E-state index contributed by atoms with van der Waals surface area (Å²) >= 11 is 0. The van der Waals surface area contributed by atoms with Crippen molar-refractivity contribution < 1.29 is 33.4 Å². The number of ether oxygens (including phenoxy) is 3. The van der Waals surface area contributed by atoms with Gasteiger partial charge in [-0.3, -0.25) is 14.2 Å². The van der Waals surface area contributed by atoms with Gasteiger partial charge in [-0.1, -0.05) is 30.3 Å². The van der Waals surface area contributed by atoms with Crippen LogP contribution in [0.4, 0.5) is 4.79 Å². The summed E-state index contributed by atoms with van der Waals surface area (Å²) in [6.07, 6.45) is 4.14. The summed E-state index contributed by atoms with van der Waals surface area (Å²) in [6, 6.07) is 13.5. The number of carbonyl (C=O) groups excluding carboxylic acids is 4. The molecule has 9 nitrogen and oxygen atoms in total. The first-order valence-electron chi connectivity index (χ1n) is 12.5. The van der Waals surface area contributed by atoms with E-state index in [4.69, 9.17) is 9.47 Å². The summed E-state index contributed by atoms with van der Waals surface area (Å²) < 4.78 is 16.9. The molecule has 0 bridgehead atoms. The summed E-state index contributed by atoms with van der Waals surface area (Å²) in [7, 11) is 1.26. The zero-order valence-electron chi connectivity index (χ0n) is 23.1. The van der Waals surface area contributed by atoms with Crippen LogP contribution >= 0.6 is 0 Å². The van der Waals surface area contributed by atoms with Crippen molar-refractivity contribution in [2.75, 3.05) is 20.3 Å². The normalized spacial score (nSPS) is 11.6. The Morgan fingerprint density at radius 3 is 2.41 bits per heavy atom. The third-order valence-electron chi connectivity index (χ3n) is 5.70. The number of amides is 1. The van der Waals surface area contributed by atoms with Gasteiger partial charge in [0.05, 0.1) is 19.2 Å². The molecule has 0 unspecified atom stereocenters. The lowest BCUT2D eigenvalue weighted by Gasteiger charge is -2.24. The van der Waals surface area contributed by atoms with Crippen LogP contribution in [0.5, 0.6) is 5.75 Å². The Morgan fingerprint density at radius 2 is 1.74 bits per heavy atom. The lowest BCUT2D eigenvalue weighted by Crippen LogP contribution is -2.39. The standard InChI is InChI=1S/C30H34N2O7/c1-20(2)31(18-26(33)21-10-9-11-23(16-21)38-19-28(35)37-6)27(34)15-14-22-17-32(29(36)39-30(3,4)5)25-13-8-7-12-24(22)25/h7-17,20H,18-19H2,1-6H3/b15-14+. The molecule has 3 rings (SSSR count). The van der Waals surface area contributed by atoms with E-state index < -0.39 is 17.7 Å². The van der Waals surface area contributed by atoms with E-state index in [2.05, 4.69) is 4.74 Å². The Kier molecular flexibility index (Phi) is 9.29. The van der Waals surface area contributed by atoms with Crippen LogP contribution in [-0.4, -0.2) is 65.1 Å². The number of esters is 1. The summed E-state index contributed by atoms with van der Waals surface area (Å²) in [4.78, 5) is 51.8. The molecule has 0 saturated carbocycles. The number of para-hydroxylation sites is 1. The highest BCUT2D eigenvalue weighted by Crippen LogP contribution is 2.24. The number of Topliss-reactive ketones (excluding diaryl/α,β-unsaturated/α-hetero) is 1. The molecule has 1 heterocycles. The van der Waals surface area contributed by atoms with Gasteiger partial charge < -0.3 is 19.1 Å². The first-order valence-corrected chi connectivity index (χ1v) is 12.5. The second kappa shape index (κ2) is 12.4. The molecule has 0 aliphatic carbocycles. The van der Waals surface area contributed by atoms with Crippen molar-refractivity contribution in [3.05, 3.63) is 71.9 Å². The SMILES string of the molecule is COC(=O)COc1cccc(C(=O)CN(C(=O)/C=C/c2cn(C(=O)OC(C)(C)C)c3ccccc23)C(C)C)c1. The van der Waals surface area contributed by atoms with Crippen molar-refractivity contribution in [3.8, 4) is 5.75 Å². The fraction of sp³-hybridized carbons (Fsp3) is 0.333. The topological polar surface area (TPSA) is 104 Å². The molecule has 1 aromatic heterocycles. The van der Waals surface area contributed by atoms with Crippen LogP contribution in [0, 0.1) is 0 Å². The number of hydrogen-bond acceptors (Lipinski definition) is 7. The van der Waals surface area contributed by atoms with Crippen molar-refractivity contribution >= 4 is 40.7 Å². The Balaban J connectivity index is 1.79. The van der Waals surface area contributed by atoms with E-state index in [0.717, 1.165) is 5.39 Å². The van der Waals surface area contributed by atoms with Gasteiger partial charge in [0, 0.05) is 34.8 Å². The van der Waals surface area contributed by atoms with Crippen LogP contribution in [-0.2, 0) is 19.1 Å². The smallest absolute Gasteiger partial charge is 0.419 e. The fourth-order valence-electron chi connectivity index (χ4n) is 3.78. The number of rotatable bonds is 9. The molecule has 206 valence electrons. The minimum absolute atomic E-state index is 0.152. The lowest BCUT2D eigenvalue weighted by molar-refractivity contribution is -0.142. The number of benzene rings is 2. The molecular formula is C30H34N2O7. The highest BCUT2D eigenvalue weighted by Gasteiger charge is 2.22. The van der Waals surface area contributed by atoms with E-state index in [0.29, 0.717) is 22.4 Å². The quantitative estimate of drug-likeness (QED) is 0.213. The molecule has 0 aliphatic rings. The number of carbonyl (C=O) groups is 4. The molecule has 3 aromatic rings. The molecule has 0 atom stereocenters. The van der Waals surface area contributed by atoms with E-state index in [1.807, 2.05) is 32.0 Å². The molecule has 2 aromatic carbocycles. The van der Waals surface area contributed by atoms with Crippen molar-refractivity contribution in [1.82, 2.24) is 9.47 Å². The van der Waals surface area contributed by atoms with Gasteiger partial charge in [0.2, 0.25) is 5.91 Å². The number of ketones is 1. The molecular weight excluding hydrogens is 500 g/mol. The predicted molar refractivity (Wildman–Crippen MR) is 148 cm³/mol. The zero-order chi connectivity index (χ0) is 28.7. The van der Waals surface area contributed by atoms with Gasteiger partial charge in [0.25, 0.3) is 0 Å². The number of nitrogens with zero attached hydrogens (tertiary/aromatic N) is 2. The lowest BCUT2D eigenvalue weighted by atomic mass is 10.1. The van der Waals surface area contributed by atoms with Gasteiger partial charge in [-0.15, -0.1) is 0 Å². The fourth-order valence-corrected chi connectivity index (χ4v) is 3.78. The van der Waals surface area contributed by atoms with Gasteiger partial charge in [-0.05, 0) is 58.9 Å². The van der Waals surface area contributed by atoms with Crippen LogP contribution in [0.1, 0.15) is 50.5 Å². The highest BCUT2D eigenvalue weighted by molar-refractivity contribution is 6.03.